The summed E-state index contributed by atoms with van der Waals surface area (Å²) in [5, 5.41) is 16.8. The minimum Gasteiger partial charge on any atom is -0.389 e. The average molecular weight is 214 g/mol. The number of piperidine rings is 1. The smallest absolute Gasteiger partial charge is 0.0743 e. The maximum Gasteiger partial charge on any atom is 0.0743 e. The summed E-state index contributed by atoms with van der Waals surface area (Å²) in [6, 6.07) is 0.608. The van der Waals surface area contributed by atoms with E-state index in [1.807, 2.05) is 6.92 Å². The van der Waals surface area contributed by atoms with Crippen LogP contribution in [0.1, 0.15) is 46.0 Å². The standard InChI is InChI=1S/C12H26N2O/c1-3-7-12(2,15)10-13-9-11-6-4-5-8-14-11/h11,13-15H,3-10H2,1-2H3. The quantitative estimate of drug-likeness (QED) is 0.624. The molecule has 0 bridgehead atoms. The minimum atomic E-state index is -0.538. The zero-order valence-electron chi connectivity index (χ0n) is 10.2. The van der Waals surface area contributed by atoms with Gasteiger partial charge in [0.1, 0.15) is 0 Å². The second-order valence-electron chi connectivity index (χ2n) is 5.02. The summed E-state index contributed by atoms with van der Waals surface area (Å²) in [5.41, 5.74) is -0.538. The first-order chi connectivity index (χ1) is 7.14. The van der Waals surface area contributed by atoms with Crippen LogP contribution in [0.15, 0.2) is 0 Å². The van der Waals surface area contributed by atoms with Crippen LogP contribution in [0.5, 0.6) is 0 Å². The molecule has 0 spiro atoms. The molecule has 0 amide bonds. The van der Waals surface area contributed by atoms with Gasteiger partial charge in [0.25, 0.3) is 0 Å². The van der Waals surface area contributed by atoms with E-state index in [9.17, 15) is 5.11 Å². The van der Waals surface area contributed by atoms with Gasteiger partial charge in [-0.25, -0.2) is 0 Å². The Labute approximate surface area is 93.6 Å². The van der Waals surface area contributed by atoms with Gasteiger partial charge in [-0.3, -0.25) is 0 Å². The Hall–Kier alpha value is -0.120. The van der Waals surface area contributed by atoms with E-state index in [1.54, 1.807) is 0 Å². The van der Waals surface area contributed by atoms with Crippen LogP contribution in [0, 0.1) is 0 Å². The predicted molar refractivity (Wildman–Crippen MR) is 64.0 cm³/mol. The van der Waals surface area contributed by atoms with E-state index in [4.69, 9.17) is 0 Å². The summed E-state index contributed by atoms with van der Waals surface area (Å²) in [6.07, 6.45) is 5.83. The second kappa shape index (κ2) is 6.46. The molecule has 1 aliphatic heterocycles. The van der Waals surface area contributed by atoms with Gasteiger partial charge in [-0.2, -0.15) is 0 Å². The molecule has 1 fully saturated rings. The highest BCUT2D eigenvalue weighted by molar-refractivity contribution is 4.79. The molecule has 1 aliphatic rings. The summed E-state index contributed by atoms with van der Waals surface area (Å²) in [7, 11) is 0. The highest BCUT2D eigenvalue weighted by atomic mass is 16.3. The lowest BCUT2D eigenvalue weighted by molar-refractivity contribution is 0.0494. The fraction of sp³-hybridized carbons (Fsp3) is 1.00. The lowest BCUT2D eigenvalue weighted by atomic mass is 10.00. The van der Waals surface area contributed by atoms with E-state index < -0.39 is 5.60 Å². The topological polar surface area (TPSA) is 44.3 Å². The molecule has 3 N–H and O–H groups in total. The monoisotopic (exact) mass is 214 g/mol. The molecule has 0 radical (unpaired) electrons. The molecule has 0 aromatic rings. The summed E-state index contributed by atoms with van der Waals surface area (Å²) in [6.45, 7) is 6.87. The highest BCUT2D eigenvalue weighted by Crippen LogP contribution is 2.10. The fourth-order valence-corrected chi connectivity index (χ4v) is 2.24. The molecule has 3 nitrogen and oxygen atoms in total. The summed E-state index contributed by atoms with van der Waals surface area (Å²) < 4.78 is 0. The third-order valence-electron chi connectivity index (χ3n) is 3.10. The van der Waals surface area contributed by atoms with Gasteiger partial charge in [-0.05, 0) is 32.7 Å². The van der Waals surface area contributed by atoms with Crippen molar-refractivity contribution in [1.82, 2.24) is 10.6 Å². The van der Waals surface area contributed by atoms with E-state index in [0.717, 1.165) is 25.9 Å². The molecule has 0 aromatic heterocycles. The number of aliphatic hydroxyl groups is 1. The van der Waals surface area contributed by atoms with E-state index in [1.165, 1.54) is 19.3 Å². The van der Waals surface area contributed by atoms with Crippen LogP contribution < -0.4 is 10.6 Å². The molecule has 1 rings (SSSR count). The fourth-order valence-electron chi connectivity index (χ4n) is 2.24. The van der Waals surface area contributed by atoms with Gasteiger partial charge in [-0.15, -0.1) is 0 Å². The zero-order chi connectivity index (χ0) is 11.1. The van der Waals surface area contributed by atoms with Crippen LogP contribution in [0.3, 0.4) is 0 Å². The maximum absolute atomic E-state index is 9.96. The van der Waals surface area contributed by atoms with Crippen molar-refractivity contribution in [2.75, 3.05) is 19.6 Å². The highest BCUT2D eigenvalue weighted by Gasteiger charge is 2.19. The molecule has 2 atom stereocenters. The van der Waals surface area contributed by atoms with Gasteiger partial charge >= 0.3 is 0 Å². The van der Waals surface area contributed by atoms with Gasteiger partial charge in [0.2, 0.25) is 0 Å². The van der Waals surface area contributed by atoms with Gasteiger partial charge in [0, 0.05) is 19.1 Å². The normalized spacial score (nSPS) is 26.2. The largest absolute Gasteiger partial charge is 0.389 e. The van der Waals surface area contributed by atoms with Crippen molar-refractivity contribution in [3.63, 3.8) is 0 Å². The molecule has 1 heterocycles. The number of rotatable bonds is 6. The maximum atomic E-state index is 9.96. The minimum absolute atomic E-state index is 0.538. The van der Waals surface area contributed by atoms with Crippen molar-refractivity contribution in [3.8, 4) is 0 Å². The second-order valence-corrected chi connectivity index (χ2v) is 5.02. The molecular weight excluding hydrogens is 188 g/mol. The first-order valence-corrected chi connectivity index (χ1v) is 6.30. The van der Waals surface area contributed by atoms with E-state index in [0.29, 0.717) is 12.6 Å². The van der Waals surface area contributed by atoms with Crippen LogP contribution in [0.4, 0.5) is 0 Å². The van der Waals surface area contributed by atoms with Crippen LogP contribution in [-0.4, -0.2) is 36.4 Å². The van der Waals surface area contributed by atoms with Crippen molar-refractivity contribution < 1.29 is 5.11 Å². The first-order valence-electron chi connectivity index (χ1n) is 6.30. The van der Waals surface area contributed by atoms with Gasteiger partial charge in [-0.1, -0.05) is 19.8 Å². The molecule has 90 valence electrons. The third-order valence-corrected chi connectivity index (χ3v) is 3.10. The van der Waals surface area contributed by atoms with Crippen LogP contribution >= 0.6 is 0 Å². The average Bonchev–Trinajstić information content (AvgIpc) is 2.19. The van der Waals surface area contributed by atoms with Crippen molar-refractivity contribution in [2.45, 2.75) is 57.6 Å². The zero-order valence-corrected chi connectivity index (χ0v) is 10.2. The molecule has 0 aliphatic carbocycles. The van der Waals surface area contributed by atoms with E-state index >= 15 is 0 Å². The van der Waals surface area contributed by atoms with Crippen LogP contribution in [-0.2, 0) is 0 Å². The SMILES string of the molecule is CCCC(C)(O)CNCC1CCCCN1. The van der Waals surface area contributed by atoms with Crippen LogP contribution in [0.25, 0.3) is 0 Å². The predicted octanol–water partition coefficient (Wildman–Crippen LogP) is 1.27. The molecule has 0 aromatic carbocycles. The summed E-state index contributed by atoms with van der Waals surface area (Å²) in [4.78, 5) is 0. The van der Waals surface area contributed by atoms with E-state index in [-0.39, 0.29) is 0 Å². The molecule has 1 saturated heterocycles. The molecule has 3 heteroatoms. The lowest BCUT2D eigenvalue weighted by Crippen LogP contribution is -2.46. The Balaban J connectivity index is 2.09. The number of nitrogens with one attached hydrogen (secondary N) is 2. The van der Waals surface area contributed by atoms with E-state index in [2.05, 4.69) is 17.6 Å². The van der Waals surface area contributed by atoms with Crippen molar-refractivity contribution >= 4 is 0 Å². The third kappa shape index (κ3) is 5.50. The number of hydrogen-bond acceptors (Lipinski definition) is 3. The molecule has 0 saturated carbocycles. The van der Waals surface area contributed by atoms with Gasteiger partial charge < -0.3 is 15.7 Å². The van der Waals surface area contributed by atoms with Gasteiger partial charge in [0.15, 0.2) is 0 Å². The molecule has 2 unspecified atom stereocenters. The van der Waals surface area contributed by atoms with Gasteiger partial charge in [0.05, 0.1) is 5.60 Å². The summed E-state index contributed by atoms with van der Waals surface area (Å²) in [5.74, 6) is 0. The molecule has 15 heavy (non-hydrogen) atoms. The molecular formula is C12H26N2O. The number of hydrogen-bond donors (Lipinski definition) is 3. The Bertz CT molecular complexity index is 165. The lowest BCUT2D eigenvalue weighted by Gasteiger charge is -2.27. The first kappa shape index (κ1) is 12.9. The van der Waals surface area contributed by atoms with Crippen molar-refractivity contribution in [2.24, 2.45) is 0 Å². The van der Waals surface area contributed by atoms with Crippen molar-refractivity contribution in [3.05, 3.63) is 0 Å². The van der Waals surface area contributed by atoms with Crippen LogP contribution in [0.2, 0.25) is 0 Å². The van der Waals surface area contributed by atoms with Crippen molar-refractivity contribution in [1.29, 1.82) is 0 Å². The Morgan fingerprint density at radius 2 is 2.27 bits per heavy atom. The summed E-state index contributed by atoms with van der Waals surface area (Å²) >= 11 is 0. The Morgan fingerprint density at radius 3 is 2.87 bits per heavy atom. The Morgan fingerprint density at radius 1 is 1.47 bits per heavy atom. The Kier molecular flexibility index (Phi) is 5.58.